The maximum atomic E-state index is 11.8. The molecule has 0 aliphatic rings. The Bertz CT molecular complexity index is 397. The summed E-state index contributed by atoms with van der Waals surface area (Å²) in [6.45, 7) is 1.32. The SMILES string of the molecule is C#CCN(CCOC)C(=O)OCc1ccccc1. The van der Waals surface area contributed by atoms with Crippen LogP contribution in [0.3, 0.4) is 0 Å². The lowest BCUT2D eigenvalue weighted by Crippen LogP contribution is -2.34. The number of ether oxygens (including phenoxy) is 2. The van der Waals surface area contributed by atoms with E-state index in [0.717, 1.165) is 5.56 Å². The van der Waals surface area contributed by atoms with Crippen LogP contribution in [0.2, 0.25) is 0 Å². The number of amides is 1. The molecule has 96 valence electrons. The first-order valence-electron chi connectivity index (χ1n) is 5.66. The maximum absolute atomic E-state index is 11.8. The molecule has 1 amide bonds. The molecule has 4 heteroatoms. The lowest BCUT2D eigenvalue weighted by Gasteiger charge is -2.19. The van der Waals surface area contributed by atoms with E-state index in [-0.39, 0.29) is 13.2 Å². The first-order chi connectivity index (χ1) is 8.77. The average molecular weight is 247 g/mol. The fraction of sp³-hybridized carbons (Fsp3) is 0.357. The lowest BCUT2D eigenvalue weighted by atomic mass is 10.2. The van der Waals surface area contributed by atoms with Gasteiger partial charge >= 0.3 is 6.09 Å². The zero-order chi connectivity index (χ0) is 13.2. The van der Waals surface area contributed by atoms with Crippen molar-refractivity contribution in [2.75, 3.05) is 26.8 Å². The van der Waals surface area contributed by atoms with Crippen LogP contribution in [0.15, 0.2) is 30.3 Å². The molecule has 1 aromatic rings. The number of carbonyl (C=O) groups is 1. The highest BCUT2D eigenvalue weighted by molar-refractivity contribution is 5.68. The third-order valence-electron chi connectivity index (χ3n) is 2.31. The van der Waals surface area contributed by atoms with E-state index in [2.05, 4.69) is 5.92 Å². The summed E-state index contributed by atoms with van der Waals surface area (Å²) in [6, 6.07) is 9.50. The van der Waals surface area contributed by atoms with Crippen LogP contribution < -0.4 is 0 Å². The number of hydrogen-bond donors (Lipinski definition) is 0. The van der Waals surface area contributed by atoms with Crippen molar-refractivity contribution in [3.05, 3.63) is 35.9 Å². The Morgan fingerprint density at radius 2 is 2.11 bits per heavy atom. The first-order valence-corrected chi connectivity index (χ1v) is 5.66. The second-order valence-electron chi connectivity index (χ2n) is 3.66. The highest BCUT2D eigenvalue weighted by atomic mass is 16.6. The molecule has 0 aliphatic carbocycles. The second kappa shape index (κ2) is 8.15. The summed E-state index contributed by atoms with van der Waals surface area (Å²) in [4.78, 5) is 13.2. The molecule has 4 nitrogen and oxygen atoms in total. The van der Waals surface area contributed by atoms with Crippen LogP contribution in [0.25, 0.3) is 0 Å². The van der Waals surface area contributed by atoms with E-state index in [9.17, 15) is 4.79 Å². The van der Waals surface area contributed by atoms with E-state index in [4.69, 9.17) is 15.9 Å². The second-order valence-corrected chi connectivity index (χ2v) is 3.66. The molecular formula is C14H17NO3. The molecule has 1 aromatic carbocycles. The molecule has 1 rings (SSSR count). The van der Waals surface area contributed by atoms with Crippen LogP contribution in [0.5, 0.6) is 0 Å². The monoisotopic (exact) mass is 247 g/mol. The van der Waals surface area contributed by atoms with Crippen LogP contribution in [-0.2, 0) is 16.1 Å². The number of carbonyl (C=O) groups excluding carboxylic acids is 1. The lowest BCUT2D eigenvalue weighted by molar-refractivity contribution is 0.0874. The van der Waals surface area contributed by atoms with Crippen molar-refractivity contribution in [2.45, 2.75) is 6.61 Å². The number of nitrogens with zero attached hydrogens (tertiary/aromatic N) is 1. The molecule has 0 N–H and O–H groups in total. The highest BCUT2D eigenvalue weighted by Crippen LogP contribution is 2.03. The van der Waals surface area contributed by atoms with Crippen LogP contribution in [-0.4, -0.2) is 37.8 Å². The van der Waals surface area contributed by atoms with Gasteiger partial charge in [0.25, 0.3) is 0 Å². The van der Waals surface area contributed by atoms with Crippen molar-refractivity contribution in [1.29, 1.82) is 0 Å². The van der Waals surface area contributed by atoms with E-state index in [1.54, 1.807) is 7.11 Å². The van der Waals surface area contributed by atoms with Crippen molar-refractivity contribution >= 4 is 6.09 Å². The summed E-state index contributed by atoms with van der Waals surface area (Å²) in [5, 5.41) is 0. The molecule has 0 bridgehead atoms. The smallest absolute Gasteiger partial charge is 0.410 e. The minimum absolute atomic E-state index is 0.219. The van der Waals surface area contributed by atoms with Crippen LogP contribution in [0, 0.1) is 12.3 Å². The fourth-order valence-corrected chi connectivity index (χ4v) is 1.36. The first kappa shape index (κ1) is 14.1. The van der Waals surface area contributed by atoms with Gasteiger partial charge in [-0.2, -0.15) is 0 Å². The van der Waals surface area contributed by atoms with Gasteiger partial charge in [-0.1, -0.05) is 36.3 Å². The maximum Gasteiger partial charge on any atom is 0.410 e. The molecule has 0 fully saturated rings. The molecule has 0 saturated heterocycles. The van der Waals surface area contributed by atoms with E-state index < -0.39 is 6.09 Å². The van der Waals surface area contributed by atoms with E-state index >= 15 is 0 Å². The van der Waals surface area contributed by atoms with Gasteiger partial charge in [0, 0.05) is 13.7 Å². The van der Waals surface area contributed by atoms with Gasteiger partial charge in [-0.25, -0.2) is 4.79 Å². The zero-order valence-corrected chi connectivity index (χ0v) is 10.5. The van der Waals surface area contributed by atoms with Crippen molar-refractivity contribution in [3.63, 3.8) is 0 Å². The topological polar surface area (TPSA) is 38.8 Å². The number of terminal acetylenes is 1. The third kappa shape index (κ3) is 4.89. The van der Waals surface area contributed by atoms with Crippen molar-refractivity contribution in [2.24, 2.45) is 0 Å². The van der Waals surface area contributed by atoms with Crippen molar-refractivity contribution in [3.8, 4) is 12.3 Å². The summed E-state index contributed by atoms with van der Waals surface area (Å²) < 4.78 is 10.1. The minimum atomic E-state index is -0.422. The van der Waals surface area contributed by atoms with E-state index in [0.29, 0.717) is 13.2 Å². The Hall–Kier alpha value is -1.99. The van der Waals surface area contributed by atoms with Crippen LogP contribution >= 0.6 is 0 Å². The predicted molar refractivity (Wildman–Crippen MR) is 68.9 cm³/mol. The Balaban J connectivity index is 2.44. The largest absolute Gasteiger partial charge is 0.445 e. The molecular weight excluding hydrogens is 230 g/mol. The molecule has 0 radical (unpaired) electrons. The summed E-state index contributed by atoms with van der Waals surface area (Å²) in [5.74, 6) is 2.43. The summed E-state index contributed by atoms with van der Waals surface area (Å²) >= 11 is 0. The van der Waals surface area contributed by atoms with Crippen LogP contribution in [0.1, 0.15) is 5.56 Å². The molecule has 0 aromatic heterocycles. The van der Waals surface area contributed by atoms with Gasteiger partial charge in [0.1, 0.15) is 6.61 Å². The van der Waals surface area contributed by atoms with E-state index in [1.165, 1.54) is 4.90 Å². The summed E-state index contributed by atoms with van der Waals surface area (Å²) in [5.41, 5.74) is 0.943. The molecule has 0 saturated carbocycles. The molecule has 18 heavy (non-hydrogen) atoms. The van der Waals surface area contributed by atoms with Gasteiger partial charge in [-0.05, 0) is 5.56 Å². The Morgan fingerprint density at radius 1 is 1.39 bits per heavy atom. The molecule has 0 spiro atoms. The number of benzene rings is 1. The fourth-order valence-electron chi connectivity index (χ4n) is 1.36. The van der Waals surface area contributed by atoms with Gasteiger partial charge in [0.2, 0.25) is 0 Å². The number of rotatable bonds is 6. The molecule has 0 heterocycles. The standard InChI is InChI=1S/C14H17NO3/c1-3-9-15(10-11-17-2)14(16)18-12-13-7-5-4-6-8-13/h1,4-8H,9-12H2,2H3. The third-order valence-corrected chi connectivity index (χ3v) is 2.31. The minimum Gasteiger partial charge on any atom is -0.445 e. The Kier molecular flexibility index (Phi) is 6.37. The normalized spacial score (nSPS) is 9.56. The highest BCUT2D eigenvalue weighted by Gasteiger charge is 2.13. The van der Waals surface area contributed by atoms with Gasteiger partial charge in [0.15, 0.2) is 0 Å². The van der Waals surface area contributed by atoms with Crippen LogP contribution in [0.4, 0.5) is 4.79 Å². The average Bonchev–Trinajstić information content (AvgIpc) is 2.42. The van der Waals surface area contributed by atoms with E-state index in [1.807, 2.05) is 30.3 Å². The zero-order valence-electron chi connectivity index (χ0n) is 10.5. The van der Waals surface area contributed by atoms with Crippen molar-refractivity contribution in [1.82, 2.24) is 4.90 Å². The Labute approximate surface area is 107 Å². The number of methoxy groups -OCH3 is 1. The van der Waals surface area contributed by atoms with Gasteiger partial charge in [0.05, 0.1) is 13.2 Å². The number of hydrogen-bond acceptors (Lipinski definition) is 3. The predicted octanol–water partition coefficient (Wildman–Crippen LogP) is 1.90. The summed E-state index contributed by atoms with van der Waals surface area (Å²) in [6.07, 6.45) is 4.78. The molecule has 0 atom stereocenters. The van der Waals surface area contributed by atoms with Gasteiger partial charge in [-0.3, -0.25) is 4.90 Å². The van der Waals surface area contributed by atoms with Gasteiger partial charge < -0.3 is 9.47 Å². The quantitative estimate of drug-likeness (QED) is 0.721. The Morgan fingerprint density at radius 3 is 2.72 bits per heavy atom. The summed E-state index contributed by atoms with van der Waals surface area (Å²) in [7, 11) is 1.57. The van der Waals surface area contributed by atoms with Gasteiger partial charge in [-0.15, -0.1) is 6.42 Å². The molecule has 0 unspecified atom stereocenters. The van der Waals surface area contributed by atoms with Crippen molar-refractivity contribution < 1.29 is 14.3 Å². The molecule has 0 aliphatic heterocycles.